The van der Waals surface area contributed by atoms with Crippen molar-refractivity contribution in [1.29, 1.82) is 0 Å². The first-order chi connectivity index (χ1) is 14.2. The number of carbonyl (C=O) groups is 1. The summed E-state index contributed by atoms with van der Waals surface area (Å²) in [5.74, 6) is 0.677. The lowest BCUT2D eigenvalue weighted by Gasteiger charge is -2.29. The lowest BCUT2D eigenvalue weighted by atomic mass is 9.86. The monoisotopic (exact) mass is 413 g/mol. The largest absolute Gasteiger partial charge is 0.379 e. The molecular weight excluding hydrogens is 382 g/mol. The van der Waals surface area contributed by atoms with E-state index in [4.69, 9.17) is 9.72 Å². The van der Waals surface area contributed by atoms with Crippen LogP contribution in [-0.4, -0.2) is 48.1 Å². The second-order valence-electron chi connectivity index (χ2n) is 8.34. The maximum Gasteiger partial charge on any atom is 0.226 e. The van der Waals surface area contributed by atoms with Crippen molar-refractivity contribution in [3.8, 4) is 10.6 Å². The Morgan fingerprint density at radius 3 is 2.72 bits per heavy atom. The molecule has 1 saturated heterocycles. The number of morpholine rings is 1. The Labute approximate surface area is 177 Å². The van der Waals surface area contributed by atoms with Crippen molar-refractivity contribution in [3.05, 3.63) is 40.9 Å². The fraction of sp³-hybridized carbons (Fsp3) is 0.565. The van der Waals surface area contributed by atoms with Gasteiger partial charge >= 0.3 is 0 Å². The lowest BCUT2D eigenvalue weighted by Crippen LogP contribution is -2.41. The minimum absolute atomic E-state index is 0.0986. The van der Waals surface area contributed by atoms with Gasteiger partial charge in [0.15, 0.2) is 0 Å². The van der Waals surface area contributed by atoms with Crippen LogP contribution in [0.15, 0.2) is 29.6 Å². The van der Waals surface area contributed by atoms with Crippen LogP contribution < -0.4 is 5.32 Å². The molecule has 2 aromatic rings. The summed E-state index contributed by atoms with van der Waals surface area (Å²) >= 11 is 1.61. The zero-order chi connectivity index (χ0) is 20.1. The summed E-state index contributed by atoms with van der Waals surface area (Å²) in [5, 5.41) is 6.22. The van der Waals surface area contributed by atoms with E-state index in [0.717, 1.165) is 55.5 Å². The Morgan fingerprint density at radius 1 is 1.21 bits per heavy atom. The quantitative estimate of drug-likeness (QED) is 0.781. The lowest BCUT2D eigenvalue weighted by molar-refractivity contribution is -0.121. The number of rotatable bonds is 6. The van der Waals surface area contributed by atoms with Crippen LogP contribution in [0.25, 0.3) is 10.6 Å². The number of nitrogens with zero attached hydrogens (tertiary/aromatic N) is 2. The highest BCUT2D eigenvalue weighted by molar-refractivity contribution is 7.13. The van der Waals surface area contributed by atoms with Gasteiger partial charge in [0.2, 0.25) is 5.91 Å². The van der Waals surface area contributed by atoms with Gasteiger partial charge in [0.05, 0.1) is 25.3 Å². The maximum absolute atomic E-state index is 12.4. The summed E-state index contributed by atoms with van der Waals surface area (Å²) in [6.07, 6.45) is 5.19. The molecule has 1 N–H and O–H groups in total. The average molecular weight is 414 g/mol. The van der Waals surface area contributed by atoms with Gasteiger partial charge in [-0.25, -0.2) is 4.98 Å². The summed E-state index contributed by atoms with van der Waals surface area (Å²) in [6, 6.07) is 8.98. The van der Waals surface area contributed by atoms with Crippen molar-refractivity contribution in [1.82, 2.24) is 15.2 Å². The fourth-order valence-electron chi connectivity index (χ4n) is 4.24. The van der Waals surface area contributed by atoms with E-state index >= 15 is 0 Å². The summed E-state index contributed by atoms with van der Waals surface area (Å²) in [5.41, 5.74) is 3.30. The number of hydrogen-bond acceptors (Lipinski definition) is 5. The van der Waals surface area contributed by atoms with E-state index in [1.54, 1.807) is 11.3 Å². The predicted molar refractivity (Wildman–Crippen MR) is 117 cm³/mol. The first-order valence-electron chi connectivity index (χ1n) is 10.8. The Balaban J connectivity index is 1.31. The molecule has 4 rings (SSSR count). The van der Waals surface area contributed by atoms with Crippen LogP contribution in [-0.2, 0) is 22.5 Å². The number of amides is 1. The van der Waals surface area contributed by atoms with Gasteiger partial charge in [-0.2, -0.15) is 0 Å². The van der Waals surface area contributed by atoms with Gasteiger partial charge < -0.3 is 10.1 Å². The molecular formula is C23H31N3O2S. The van der Waals surface area contributed by atoms with Gasteiger partial charge in [-0.05, 0) is 24.3 Å². The van der Waals surface area contributed by atoms with Crippen LogP contribution in [0.2, 0.25) is 0 Å². The minimum atomic E-state index is 0.0986. The van der Waals surface area contributed by atoms with Gasteiger partial charge in [-0.1, -0.05) is 44.0 Å². The van der Waals surface area contributed by atoms with Crippen LogP contribution in [0.1, 0.15) is 43.9 Å². The fourth-order valence-corrected chi connectivity index (χ4v) is 5.07. The van der Waals surface area contributed by atoms with E-state index in [1.807, 2.05) is 5.38 Å². The zero-order valence-corrected chi connectivity index (χ0v) is 18.0. The number of nitrogens with one attached hydrogen (secondary N) is 1. The standard InChI is InChI=1S/C23H31N3O2S/c1-17-4-2-3-5-21(17)25-22(27)14-20-16-29-23(24-20)19-8-6-18(7-9-19)15-26-10-12-28-13-11-26/h6-9,16-17,21H,2-5,10-15H2,1H3,(H,25,27). The molecule has 2 atom stereocenters. The van der Waals surface area contributed by atoms with Crippen molar-refractivity contribution >= 4 is 17.2 Å². The number of ether oxygens (including phenoxy) is 1. The molecule has 2 unspecified atom stereocenters. The SMILES string of the molecule is CC1CCCCC1NC(=O)Cc1csc(-c2ccc(CN3CCOCC3)cc2)n1. The Morgan fingerprint density at radius 2 is 1.97 bits per heavy atom. The molecule has 2 heterocycles. The number of benzene rings is 1. The summed E-state index contributed by atoms with van der Waals surface area (Å²) in [6.45, 7) is 6.86. The van der Waals surface area contributed by atoms with E-state index in [9.17, 15) is 4.79 Å². The van der Waals surface area contributed by atoms with E-state index < -0.39 is 0 Å². The molecule has 0 spiro atoms. The Kier molecular flexibility index (Phi) is 6.95. The average Bonchev–Trinajstić information content (AvgIpc) is 3.19. The molecule has 0 radical (unpaired) electrons. The van der Waals surface area contributed by atoms with Crippen molar-refractivity contribution in [2.45, 2.75) is 51.6 Å². The molecule has 5 nitrogen and oxygen atoms in total. The van der Waals surface area contributed by atoms with Gasteiger partial charge in [-0.15, -0.1) is 11.3 Å². The number of thiazole rings is 1. The first kappa shape index (κ1) is 20.5. The van der Waals surface area contributed by atoms with E-state index in [2.05, 4.69) is 41.4 Å². The summed E-state index contributed by atoms with van der Waals surface area (Å²) in [7, 11) is 0. The molecule has 1 aliphatic heterocycles. The third-order valence-electron chi connectivity index (χ3n) is 6.06. The third kappa shape index (κ3) is 5.65. The van der Waals surface area contributed by atoms with Gasteiger partial charge in [0, 0.05) is 36.6 Å². The Hall–Kier alpha value is -1.76. The van der Waals surface area contributed by atoms with E-state index in [1.165, 1.54) is 24.8 Å². The molecule has 1 aromatic carbocycles. The van der Waals surface area contributed by atoms with Crippen LogP contribution in [0.5, 0.6) is 0 Å². The van der Waals surface area contributed by atoms with Crippen LogP contribution in [0.3, 0.4) is 0 Å². The third-order valence-corrected chi connectivity index (χ3v) is 7.00. The molecule has 2 aliphatic rings. The van der Waals surface area contributed by atoms with E-state index in [0.29, 0.717) is 18.4 Å². The molecule has 1 aliphatic carbocycles. The van der Waals surface area contributed by atoms with Crippen LogP contribution in [0.4, 0.5) is 0 Å². The number of hydrogen-bond donors (Lipinski definition) is 1. The normalized spacial score (nSPS) is 23.1. The van der Waals surface area contributed by atoms with Gasteiger partial charge in [0.25, 0.3) is 0 Å². The van der Waals surface area contributed by atoms with Crippen molar-refractivity contribution in [3.63, 3.8) is 0 Å². The highest BCUT2D eigenvalue weighted by Crippen LogP contribution is 2.26. The molecule has 6 heteroatoms. The minimum Gasteiger partial charge on any atom is -0.379 e. The molecule has 1 saturated carbocycles. The maximum atomic E-state index is 12.4. The second-order valence-corrected chi connectivity index (χ2v) is 9.20. The van der Waals surface area contributed by atoms with Gasteiger partial charge in [-0.3, -0.25) is 9.69 Å². The summed E-state index contributed by atoms with van der Waals surface area (Å²) in [4.78, 5) is 19.6. The summed E-state index contributed by atoms with van der Waals surface area (Å²) < 4.78 is 5.41. The number of carbonyl (C=O) groups excluding carboxylic acids is 1. The molecule has 1 amide bonds. The molecule has 2 fully saturated rings. The molecule has 1 aromatic heterocycles. The van der Waals surface area contributed by atoms with Gasteiger partial charge in [0.1, 0.15) is 5.01 Å². The Bertz CT molecular complexity index is 799. The number of aromatic nitrogens is 1. The molecule has 0 bridgehead atoms. The van der Waals surface area contributed by atoms with Crippen molar-refractivity contribution < 1.29 is 9.53 Å². The van der Waals surface area contributed by atoms with Crippen molar-refractivity contribution in [2.24, 2.45) is 5.92 Å². The highest BCUT2D eigenvalue weighted by atomic mass is 32.1. The predicted octanol–water partition coefficient (Wildman–Crippen LogP) is 3.88. The first-order valence-corrected chi connectivity index (χ1v) is 11.7. The van der Waals surface area contributed by atoms with Crippen LogP contribution >= 0.6 is 11.3 Å². The zero-order valence-electron chi connectivity index (χ0n) is 17.2. The highest BCUT2D eigenvalue weighted by Gasteiger charge is 2.23. The van der Waals surface area contributed by atoms with E-state index in [-0.39, 0.29) is 5.91 Å². The second kappa shape index (κ2) is 9.83. The topological polar surface area (TPSA) is 54.5 Å². The molecule has 156 valence electrons. The van der Waals surface area contributed by atoms with Crippen LogP contribution in [0, 0.1) is 5.92 Å². The smallest absolute Gasteiger partial charge is 0.226 e. The van der Waals surface area contributed by atoms with Crippen molar-refractivity contribution in [2.75, 3.05) is 26.3 Å². The molecule has 29 heavy (non-hydrogen) atoms.